The summed E-state index contributed by atoms with van der Waals surface area (Å²) in [7, 11) is -1.77. The first kappa shape index (κ1) is 15.5. The van der Waals surface area contributed by atoms with Crippen LogP contribution in [0.2, 0.25) is 16.6 Å². The average Bonchev–Trinajstić information content (AvgIpc) is 2.18. The third kappa shape index (κ3) is 3.00. The summed E-state index contributed by atoms with van der Waals surface area (Å²) in [6.45, 7) is 19.6. The zero-order valence-electron chi connectivity index (χ0n) is 12.0. The van der Waals surface area contributed by atoms with Gasteiger partial charge in [-0.05, 0) is 35.7 Å². The van der Waals surface area contributed by atoms with Crippen molar-refractivity contribution in [2.75, 3.05) is 0 Å². The van der Waals surface area contributed by atoms with Crippen molar-refractivity contribution in [2.24, 2.45) is 0 Å². The van der Waals surface area contributed by atoms with Gasteiger partial charge in [0, 0.05) is 0 Å². The highest BCUT2D eigenvalue weighted by molar-refractivity contribution is 6.77. The van der Waals surface area contributed by atoms with E-state index in [0.29, 0.717) is 16.6 Å². The largest absolute Gasteiger partial charge is 0.543 e. The number of allylic oxidation sites excluding steroid dienone is 2. The van der Waals surface area contributed by atoms with E-state index in [0.717, 1.165) is 5.76 Å². The first-order valence-corrected chi connectivity index (χ1v) is 8.44. The molecule has 0 aromatic heterocycles. The highest BCUT2D eigenvalue weighted by atomic mass is 28.4. The van der Waals surface area contributed by atoms with Gasteiger partial charge in [-0.25, -0.2) is 0 Å². The summed E-state index contributed by atoms with van der Waals surface area (Å²) in [5.74, 6) is 0.947. The van der Waals surface area contributed by atoms with Crippen LogP contribution in [0.5, 0.6) is 0 Å². The van der Waals surface area contributed by atoms with Crippen LogP contribution in [0, 0.1) is 0 Å². The van der Waals surface area contributed by atoms with E-state index in [1.54, 1.807) is 0 Å². The van der Waals surface area contributed by atoms with E-state index in [9.17, 15) is 0 Å². The van der Waals surface area contributed by atoms with Gasteiger partial charge in [-0.15, -0.1) is 0 Å². The number of hydrogen-bond acceptors (Lipinski definition) is 1. The van der Waals surface area contributed by atoms with E-state index in [-0.39, 0.29) is 0 Å². The maximum Gasteiger partial charge on any atom is 0.258 e. The Labute approximate surface area is 103 Å². The molecule has 0 amide bonds. The van der Waals surface area contributed by atoms with E-state index < -0.39 is 8.32 Å². The Bertz CT molecular complexity index is 230. The van der Waals surface area contributed by atoms with Crippen molar-refractivity contribution in [3.05, 3.63) is 24.5 Å². The van der Waals surface area contributed by atoms with Crippen LogP contribution in [0.1, 0.15) is 48.5 Å². The summed E-state index contributed by atoms with van der Waals surface area (Å²) in [5.41, 5.74) is 1.84. The van der Waals surface area contributed by atoms with E-state index in [1.807, 2.05) is 19.1 Å². The lowest BCUT2D eigenvalue weighted by Crippen LogP contribution is -2.47. The van der Waals surface area contributed by atoms with Crippen LogP contribution < -0.4 is 0 Å². The molecule has 0 saturated carbocycles. The Morgan fingerprint density at radius 2 is 1.38 bits per heavy atom. The molecule has 16 heavy (non-hydrogen) atoms. The Hall–Kier alpha value is -0.503. The minimum atomic E-state index is -1.77. The lowest BCUT2D eigenvalue weighted by atomic mass is 10.5. The molecule has 0 aromatic rings. The molecule has 0 aliphatic carbocycles. The van der Waals surface area contributed by atoms with Crippen LogP contribution in [-0.4, -0.2) is 8.32 Å². The van der Waals surface area contributed by atoms with Gasteiger partial charge >= 0.3 is 0 Å². The van der Waals surface area contributed by atoms with Gasteiger partial charge in [0.05, 0.1) is 5.76 Å². The van der Waals surface area contributed by atoms with Crippen LogP contribution in [0.15, 0.2) is 24.5 Å². The summed E-state index contributed by atoms with van der Waals surface area (Å²) in [4.78, 5) is 0. The van der Waals surface area contributed by atoms with Crippen molar-refractivity contribution in [3.8, 4) is 0 Å². The van der Waals surface area contributed by atoms with Gasteiger partial charge in [0.1, 0.15) is 0 Å². The lowest BCUT2D eigenvalue weighted by molar-refractivity contribution is 0.386. The summed E-state index contributed by atoms with van der Waals surface area (Å²) in [5, 5.41) is 0. The second kappa shape index (κ2) is 6.29. The maximum atomic E-state index is 6.40. The first-order valence-electron chi connectivity index (χ1n) is 6.30. The molecule has 0 spiro atoms. The fraction of sp³-hybridized carbons (Fsp3) is 0.714. The van der Waals surface area contributed by atoms with Crippen molar-refractivity contribution < 1.29 is 4.43 Å². The molecule has 0 aliphatic rings. The van der Waals surface area contributed by atoms with Crippen LogP contribution in [-0.2, 0) is 4.43 Å². The number of rotatable bonds is 6. The van der Waals surface area contributed by atoms with Crippen molar-refractivity contribution in [3.63, 3.8) is 0 Å². The maximum absolute atomic E-state index is 6.40. The second-order valence-corrected chi connectivity index (χ2v) is 10.7. The summed E-state index contributed by atoms with van der Waals surface area (Å²) in [6.07, 6.45) is 3.84. The zero-order chi connectivity index (χ0) is 12.9. The highest BCUT2D eigenvalue weighted by Gasteiger charge is 2.46. The Balaban J connectivity index is 5.28. The molecule has 0 bridgehead atoms. The van der Waals surface area contributed by atoms with E-state index >= 15 is 0 Å². The van der Waals surface area contributed by atoms with Crippen LogP contribution >= 0.6 is 0 Å². The fourth-order valence-corrected chi connectivity index (χ4v) is 8.09. The zero-order valence-corrected chi connectivity index (χ0v) is 13.0. The van der Waals surface area contributed by atoms with Crippen LogP contribution in [0.3, 0.4) is 0 Å². The third-order valence-electron chi connectivity index (χ3n) is 3.49. The van der Waals surface area contributed by atoms with Gasteiger partial charge < -0.3 is 4.43 Å². The minimum absolute atomic E-state index is 0.613. The molecule has 1 nitrogen and oxygen atoms in total. The summed E-state index contributed by atoms with van der Waals surface area (Å²) < 4.78 is 6.40. The van der Waals surface area contributed by atoms with Crippen molar-refractivity contribution in [1.29, 1.82) is 0 Å². The predicted molar refractivity (Wildman–Crippen MR) is 76.1 cm³/mol. The smallest absolute Gasteiger partial charge is 0.258 e. The Morgan fingerprint density at radius 3 is 1.56 bits per heavy atom. The SMILES string of the molecule is C=C/C(=C\C)O[Si](C(C)C)(C(C)C)C(C)C. The van der Waals surface area contributed by atoms with Crippen molar-refractivity contribution in [1.82, 2.24) is 0 Å². The number of hydrogen-bond donors (Lipinski definition) is 0. The molecule has 94 valence electrons. The van der Waals surface area contributed by atoms with Crippen molar-refractivity contribution in [2.45, 2.75) is 65.1 Å². The van der Waals surface area contributed by atoms with Crippen LogP contribution in [0.4, 0.5) is 0 Å². The highest BCUT2D eigenvalue weighted by Crippen LogP contribution is 2.43. The molecule has 0 atom stereocenters. The molecule has 0 saturated heterocycles. The first-order chi connectivity index (χ1) is 7.32. The van der Waals surface area contributed by atoms with E-state index in [4.69, 9.17) is 4.43 Å². The molecule has 0 rings (SSSR count). The minimum Gasteiger partial charge on any atom is -0.543 e. The Kier molecular flexibility index (Phi) is 6.09. The van der Waals surface area contributed by atoms with Gasteiger partial charge in [-0.3, -0.25) is 0 Å². The summed E-state index contributed by atoms with van der Waals surface area (Å²) >= 11 is 0. The molecule has 0 heterocycles. The molecular weight excluding hydrogens is 212 g/mol. The molecule has 0 N–H and O–H groups in total. The van der Waals surface area contributed by atoms with Gasteiger partial charge in [0.2, 0.25) is 0 Å². The summed E-state index contributed by atoms with van der Waals surface area (Å²) in [6, 6.07) is 0. The van der Waals surface area contributed by atoms with Gasteiger partial charge in [0.15, 0.2) is 0 Å². The second-order valence-electron chi connectivity index (χ2n) is 5.31. The van der Waals surface area contributed by atoms with E-state index in [2.05, 4.69) is 48.1 Å². The monoisotopic (exact) mass is 240 g/mol. The average molecular weight is 240 g/mol. The molecule has 0 aliphatic heterocycles. The standard InChI is InChI=1S/C14H28OSi/c1-9-14(10-2)15-16(11(3)4,12(5)6)13(7)8/h9-13H,1H2,2-8H3/b14-10+. The van der Waals surface area contributed by atoms with Crippen LogP contribution in [0.25, 0.3) is 0 Å². The molecule has 0 fully saturated rings. The fourth-order valence-electron chi connectivity index (χ4n) is 2.78. The van der Waals surface area contributed by atoms with Crippen molar-refractivity contribution >= 4 is 8.32 Å². The molecule has 0 radical (unpaired) electrons. The van der Waals surface area contributed by atoms with Gasteiger partial charge in [-0.2, -0.15) is 0 Å². The third-order valence-corrected chi connectivity index (χ3v) is 9.49. The topological polar surface area (TPSA) is 9.23 Å². The van der Waals surface area contributed by atoms with E-state index in [1.165, 1.54) is 0 Å². The molecule has 2 heteroatoms. The van der Waals surface area contributed by atoms with Gasteiger partial charge in [0.25, 0.3) is 8.32 Å². The molecular formula is C14H28OSi. The normalized spacial score (nSPS) is 13.8. The van der Waals surface area contributed by atoms with Gasteiger partial charge in [-0.1, -0.05) is 48.1 Å². The quantitative estimate of drug-likeness (QED) is 0.349. The molecule has 0 aromatic carbocycles. The lowest BCUT2D eigenvalue weighted by Gasteiger charge is -2.42. The predicted octanol–water partition coefficient (Wildman–Crippen LogP) is 5.27. The molecule has 0 unspecified atom stereocenters. The Morgan fingerprint density at radius 1 is 1.00 bits per heavy atom.